The van der Waals surface area contributed by atoms with E-state index < -0.39 is 31.0 Å². The highest BCUT2D eigenvalue weighted by atomic mass is 16.5. The molecule has 0 saturated heterocycles. The second-order valence-electron chi connectivity index (χ2n) is 2.74. The monoisotopic (exact) mass is 219 g/mol. The van der Waals surface area contributed by atoms with E-state index in [-0.39, 0.29) is 13.2 Å². The summed E-state index contributed by atoms with van der Waals surface area (Å²) in [6.45, 7) is 0.423. The van der Waals surface area contributed by atoms with Crippen LogP contribution in [0.1, 0.15) is 6.92 Å². The SMILES string of the molecule is CCOC(=O)CN(CC(=O)O)CC(=O)O. The second-order valence-corrected chi connectivity index (χ2v) is 2.74. The number of ether oxygens (including phenoxy) is 1. The molecule has 86 valence electrons. The van der Waals surface area contributed by atoms with Gasteiger partial charge in [-0.1, -0.05) is 0 Å². The molecule has 0 rings (SSSR count). The predicted octanol–water partition coefficient (Wildman–Crippen LogP) is -0.979. The molecule has 0 fully saturated rings. The van der Waals surface area contributed by atoms with Crippen molar-refractivity contribution in [3.05, 3.63) is 0 Å². The van der Waals surface area contributed by atoms with Gasteiger partial charge >= 0.3 is 17.9 Å². The van der Waals surface area contributed by atoms with E-state index in [1.807, 2.05) is 0 Å². The maximum atomic E-state index is 11.0. The van der Waals surface area contributed by atoms with E-state index in [0.29, 0.717) is 0 Å². The molecule has 0 aliphatic heterocycles. The zero-order valence-electron chi connectivity index (χ0n) is 8.30. The smallest absolute Gasteiger partial charge is 0.320 e. The number of carboxylic acid groups (broad SMARTS) is 2. The lowest BCUT2D eigenvalue weighted by Crippen LogP contribution is -2.38. The molecule has 0 aliphatic rings. The van der Waals surface area contributed by atoms with Crippen LogP contribution in [-0.2, 0) is 19.1 Å². The first-order valence-corrected chi connectivity index (χ1v) is 4.27. The lowest BCUT2D eigenvalue weighted by atomic mass is 10.4. The van der Waals surface area contributed by atoms with E-state index in [4.69, 9.17) is 10.2 Å². The molecule has 0 aromatic carbocycles. The van der Waals surface area contributed by atoms with Crippen molar-refractivity contribution in [1.82, 2.24) is 4.90 Å². The lowest BCUT2D eigenvalue weighted by molar-refractivity contribution is -0.147. The Kier molecular flexibility index (Phi) is 6.03. The van der Waals surface area contributed by atoms with Crippen molar-refractivity contribution in [2.45, 2.75) is 6.92 Å². The van der Waals surface area contributed by atoms with Crippen molar-refractivity contribution in [3.63, 3.8) is 0 Å². The zero-order chi connectivity index (χ0) is 11.8. The van der Waals surface area contributed by atoms with Crippen LogP contribution >= 0.6 is 0 Å². The van der Waals surface area contributed by atoms with Gasteiger partial charge in [0.05, 0.1) is 26.2 Å². The van der Waals surface area contributed by atoms with Gasteiger partial charge in [0.25, 0.3) is 0 Å². The first-order chi connectivity index (χ1) is 6.95. The fraction of sp³-hybridized carbons (Fsp3) is 0.625. The standard InChI is InChI=1S/C8H13NO6/c1-2-15-8(14)5-9(3-6(10)11)4-7(12)13/h2-5H2,1H3,(H,10,11)(H,12,13). The van der Waals surface area contributed by atoms with Crippen LogP contribution < -0.4 is 0 Å². The molecule has 2 N–H and O–H groups in total. The Labute approximate surface area is 86.2 Å². The van der Waals surface area contributed by atoms with Gasteiger partial charge < -0.3 is 14.9 Å². The maximum Gasteiger partial charge on any atom is 0.320 e. The number of nitrogens with zero attached hydrogens (tertiary/aromatic N) is 1. The predicted molar refractivity (Wildman–Crippen MR) is 48.3 cm³/mol. The van der Waals surface area contributed by atoms with Crippen LogP contribution in [0.4, 0.5) is 0 Å². The molecule has 0 amide bonds. The molecular formula is C8H13NO6. The van der Waals surface area contributed by atoms with Crippen LogP contribution in [0, 0.1) is 0 Å². The van der Waals surface area contributed by atoms with Gasteiger partial charge in [0.1, 0.15) is 0 Å². The average molecular weight is 219 g/mol. The summed E-state index contributed by atoms with van der Waals surface area (Å²) in [6, 6.07) is 0. The van der Waals surface area contributed by atoms with Gasteiger partial charge in [0.2, 0.25) is 0 Å². The van der Waals surface area contributed by atoms with Crippen LogP contribution in [0.2, 0.25) is 0 Å². The van der Waals surface area contributed by atoms with Crippen molar-refractivity contribution in [3.8, 4) is 0 Å². The zero-order valence-corrected chi connectivity index (χ0v) is 8.30. The molecule has 0 saturated carbocycles. The Balaban J connectivity index is 4.16. The number of carboxylic acids is 2. The molecule has 0 aromatic rings. The number of esters is 1. The van der Waals surface area contributed by atoms with Crippen molar-refractivity contribution < 1.29 is 29.3 Å². The molecule has 0 aliphatic carbocycles. The van der Waals surface area contributed by atoms with Gasteiger partial charge in [-0.25, -0.2) is 0 Å². The van der Waals surface area contributed by atoms with Crippen LogP contribution in [0.3, 0.4) is 0 Å². The lowest BCUT2D eigenvalue weighted by Gasteiger charge is -2.16. The summed E-state index contributed by atoms with van der Waals surface area (Å²) < 4.78 is 4.57. The van der Waals surface area contributed by atoms with E-state index in [0.717, 1.165) is 4.90 Å². The Hall–Kier alpha value is -1.63. The molecule has 0 radical (unpaired) electrons. The van der Waals surface area contributed by atoms with E-state index in [2.05, 4.69) is 4.74 Å². The third kappa shape index (κ3) is 7.44. The minimum absolute atomic E-state index is 0.173. The number of carbonyl (C=O) groups is 3. The maximum absolute atomic E-state index is 11.0. The van der Waals surface area contributed by atoms with E-state index in [9.17, 15) is 14.4 Å². The average Bonchev–Trinajstić information content (AvgIpc) is 2.00. The summed E-state index contributed by atoms with van der Waals surface area (Å²) in [7, 11) is 0. The summed E-state index contributed by atoms with van der Waals surface area (Å²) in [5, 5.41) is 16.9. The van der Waals surface area contributed by atoms with Gasteiger partial charge in [0.15, 0.2) is 0 Å². The van der Waals surface area contributed by atoms with E-state index >= 15 is 0 Å². The Morgan fingerprint density at radius 3 is 1.87 bits per heavy atom. The number of hydrogen-bond acceptors (Lipinski definition) is 5. The molecule has 0 unspecified atom stereocenters. The summed E-state index contributed by atoms with van der Waals surface area (Å²) in [6.07, 6.45) is 0. The van der Waals surface area contributed by atoms with Crippen molar-refractivity contribution in [1.29, 1.82) is 0 Å². The minimum Gasteiger partial charge on any atom is -0.480 e. The number of carbonyl (C=O) groups excluding carboxylic acids is 1. The fourth-order valence-corrected chi connectivity index (χ4v) is 0.939. The van der Waals surface area contributed by atoms with Crippen molar-refractivity contribution >= 4 is 17.9 Å². The normalized spacial score (nSPS) is 10.0. The van der Waals surface area contributed by atoms with Gasteiger partial charge in [0, 0.05) is 0 Å². The molecule has 15 heavy (non-hydrogen) atoms. The minimum atomic E-state index is -1.19. The topological polar surface area (TPSA) is 104 Å². The van der Waals surface area contributed by atoms with Gasteiger partial charge in [-0.15, -0.1) is 0 Å². The summed E-state index contributed by atoms with van der Waals surface area (Å²) >= 11 is 0. The quantitative estimate of drug-likeness (QED) is 0.530. The Morgan fingerprint density at radius 2 is 1.53 bits per heavy atom. The summed E-state index contributed by atoms with van der Waals surface area (Å²) in [5.74, 6) is -3.03. The van der Waals surface area contributed by atoms with Gasteiger partial charge in [-0.05, 0) is 6.92 Å². The van der Waals surface area contributed by atoms with Crippen LogP contribution in [0.25, 0.3) is 0 Å². The molecular weight excluding hydrogens is 206 g/mol. The first kappa shape index (κ1) is 13.4. The molecule has 7 heteroatoms. The molecule has 7 nitrogen and oxygen atoms in total. The van der Waals surface area contributed by atoms with E-state index in [1.165, 1.54) is 0 Å². The first-order valence-electron chi connectivity index (χ1n) is 4.27. The van der Waals surface area contributed by atoms with Gasteiger partial charge in [-0.3, -0.25) is 19.3 Å². The van der Waals surface area contributed by atoms with Crippen LogP contribution in [-0.4, -0.2) is 59.3 Å². The summed E-state index contributed by atoms with van der Waals surface area (Å²) in [5.41, 5.74) is 0. The Morgan fingerprint density at radius 1 is 1.07 bits per heavy atom. The highest BCUT2D eigenvalue weighted by Crippen LogP contribution is 1.90. The third-order valence-electron chi connectivity index (χ3n) is 1.38. The third-order valence-corrected chi connectivity index (χ3v) is 1.38. The van der Waals surface area contributed by atoms with Crippen molar-refractivity contribution in [2.24, 2.45) is 0 Å². The highest BCUT2D eigenvalue weighted by molar-refractivity contribution is 5.76. The number of rotatable bonds is 7. The molecule has 0 spiro atoms. The number of hydrogen-bond donors (Lipinski definition) is 2. The van der Waals surface area contributed by atoms with Crippen molar-refractivity contribution in [2.75, 3.05) is 26.2 Å². The van der Waals surface area contributed by atoms with E-state index in [1.54, 1.807) is 6.92 Å². The highest BCUT2D eigenvalue weighted by Gasteiger charge is 2.17. The molecule has 0 atom stereocenters. The Bertz CT molecular complexity index is 236. The molecule has 0 bridgehead atoms. The summed E-state index contributed by atoms with van der Waals surface area (Å²) in [4.78, 5) is 32.6. The molecule has 0 aromatic heterocycles. The largest absolute Gasteiger partial charge is 0.480 e. The van der Waals surface area contributed by atoms with Gasteiger partial charge in [-0.2, -0.15) is 0 Å². The van der Waals surface area contributed by atoms with Crippen LogP contribution in [0.15, 0.2) is 0 Å². The molecule has 0 heterocycles. The fourth-order valence-electron chi connectivity index (χ4n) is 0.939. The number of aliphatic carboxylic acids is 2. The second kappa shape index (κ2) is 6.77. The van der Waals surface area contributed by atoms with Crippen LogP contribution in [0.5, 0.6) is 0 Å².